The van der Waals surface area contributed by atoms with Crippen molar-refractivity contribution in [3.8, 4) is 22.3 Å². The van der Waals surface area contributed by atoms with Crippen LogP contribution in [-0.4, -0.2) is 6.88 Å². The van der Waals surface area contributed by atoms with Crippen LogP contribution < -0.4 is 0 Å². The molecular formula is C47H60Cl2SiZr-4. The molecule has 0 saturated carbocycles. The first-order valence-electron chi connectivity index (χ1n) is 17.5. The molecule has 0 fully saturated rings. The summed E-state index contributed by atoms with van der Waals surface area (Å²) in [5, 5.41) is 5.46. The molecule has 0 aliphatic carbocycles. The van der Waals surface area contributed by atoms with Gasteiger partial charge in [0, 0.05) is 0 Å². The van der Waals surface area contributed by atoms with Crippen LogP contribution in [0, 0.1) is 34.6 Å². The number of hydrogen-bond donors (Lipinski definition) is 0. The first-order valence-corrected chi connectivity index (χ1v) is 21.7. The molecule has 0 heterocycles. The number of benzene rings is 4. The van der Waals surface area contributed by atoms with Crippen LogP contribution in [0.15, 0.2) is 97.1 Å². The second-order valence-corrected chi connectivity index (χ2v) is 14.5. The van der Waals surface area contributed by atoms with Crippen LogP contribution in [-0.2, 0) is 40.6 Å². The van der Waals surface area contributed by atoms with Gasteiger partial charge in [-0.2, -0.15) is 26.0 Å². The summed E-state index contributed by atoms with van der Waals surface area (Å²) in [5.41, 5.74) is 13.9. The maximum atomic E-state index is 3.25. The molecule has 0 amide bonds. The van der Waals surface area contributed by atoms with Gasteiger partial charge < -0.3 is 13.8 Å². The molecule has 0 saturated heterocycles. The Labute approximate surface area is 341 Å². The van der Waals surface area contributed by atoms with E-state index in [0.29, 0.717) is 0 Å². The van der Waals surface area contributed by atoms with Gasteiger partial charge in [-0.3, -0.25) is 0 Å². The van der Waals surface area contributed by atoms with Crippen LogP contribution in [0.25, 0.3) is 43.8 Å². The summed E-state index contributed by atoms with van der Waals surface area (Å²) >= 11 is 1.36. The van der Waals surface area contributed by atoms with Gasteiger partial charge in [0.25, 0.3) is 0 Å². The van der Waals surface area contributed by atoms with Crippen LogP contribution in [0.2, 0.25) is 0 Å². The standard InChI is InChI=1S/C22H25.C21H23.2C2H5.2ClH.Si.Zr/c1-6-16-13-18-11-15(2)12-20(21(18)14-16)17-7-9-19(10-8-17)22(3,4)5;1-14-10-17-11-15(2)13-20(17)19(12-14)16-6-8-18(9-7-16)21(3,4)5;2*1-2;;;;/h7-14H,6H2,1-5H3;6-13H,1-5H3;2*1H2,2H3;2*1H;;/q4*-1;;;;. The van der Waals surface area contributed by atoms with Crippen LogP contribution in [0.5, 0.6) is 0 Å². The van der Waals surface area contributed by atoms with Gasteiger partial charge in [0.15, 0.2) is 0 Å². The van der Waals surface area contributed by atoms with Gasteiger partial charge in [0.05, 0.1) is 0 Å². The van der Waals surface area contributed by atoms with Gasteiger partial charge in [-0.1, -0.05) is 138 Å². The van der Waals surface area contributed by atoms with E-state index in [0.717, 1.165) is 6.42 Å². The van der Waals surface area contributed by atoms with Gasteiger partial charge in [-0.15, -0.1) is 81.8 Å². The predicted octanol–water partition coefficient (Wildman–Crippen LogP) is 14.7. The van der Waals surface area contributed by atoms with Crippen molar-refractivity contribution in [3.05, 3.63) is 144 Å². The average molecular weight is 815 g/mol. The second kappa shape index (κ2) is 22.1. The quantitative estimate of drug-likeness (QED) is 0.123. The van der Waals surface area contributed by atoms with Crippen molar-refractivity contribution < 1.29 is 23.3 Å². The fraction of sp³-hybridized carbons (Fsp3) is 0.319. The Morgan fingerprint density at radius 3 is 1.25 bits per heavy atom. The van der Waals surface area contributed by atoms with Crippen LogP contribution in [0.4, 0.5) is 0 Å². The minimum absolute atomic E-state index is 0. The summed E-state index contributed by atoms with van der Waals surface area (Å²) in [5.74, 6) is 0. The van der Waals surface area contributed by atoms with Crippen molar-refractivity contribution in [3.63, 3.8) is 0 Å². The fourth-order valence-corrected chi connectivity index (χ4v) is 6.14. The molecule has 0 spiro atoms. The average Bonchev–Trinajstić information content (AvgIpc) is 3.68. The zero-order valence-electron chi connectivity index (χ0n) is 33.2. The Balaban J connectivity index is 0.000000828. The zero-order chi connectivity index (χ0) is 37.1. The predicted molar refractivity (Wildman–Crippen MR) is 233 cm³/mol. The van der Waals surface area contributed by atoms with Crippen LogP contribution in [0.3, 0.4) is 0 Å². The van der Waals surface area contributed by atoms with Crippen molar-refractivity contribution in [1.29, 1.82) is 0 Å². The van der Waals surface area contributed by atoms with Gasteiger partial charge in [-0.25, -0.2) is 0 Å². The molecule has 274 valence electrons. The summed E-state index contributed by atoms with van der Waals surface area (Å²) in [4.78, 5) is 0. The summed E-state index contributed by atoms with van der Waals surface area (Å²) in [6.45, 7) is 35.4. The molecule has 2 radical (unpaired) electrons. The van der Waals surface area contributed by atoms with E-state index < -0.39 is 0 Å². The van der Waals surface area contributed by atoms with E-state index in [1.165, 1.54) is 101 Å². The van der Waals surface area contributed by atoms with Gasteiger partial charge in [-0.05, 0) is 53.4 Å². The first-order chi connectivity index (χ1) is 23.2. The molecule has 6 aromatic carbocycles. The number of fused-ring (bicyclic) bond motifs is 2. The summed E-state index contributed by atoms with van der Waals surface area (Å²) in [6.07, 6.45) is 1.09. The molecule has 51 heavy (non-hydrogen) atoms. The summed E-state index contributed by atoms with van der Waals surface area (Å²) < 4.78 is 0. The number of hydrogen-bond acceptors (Lipinski definition) is 0. The Morgan fingerprint density at radius 1 is 0.549 bits per heavy atom. The van der Waals surface area contributed by atoms with Crippen molar-refractivity contribution >= 4 is 53.2 Å². The zero-order valence-corrected chi connectivity index (χ0v) is 38.3. The number of rotatable bonds is 3. The second-order valence-electron chi connectivity index (χ2n) is 14.5. The molecule has 6 rings (SSSR count). The van der Waals surface area contributed by atoms with E-state index in [9.17, 15) is 0 Å². The SMILES string of the molecule is CCc1cc2c(-c3ccc(C(C)(C)C)cc3)cc(C)cc2[cH-]1.Cc1cc(-c2ccc(C(C)(C)C)cc2)c2cc(C)[cH-]c2c1.Cl.Cl.[CH2-]C.[CH2-]C.[Si]=[Zr]. The Hall–Kier alpha value is -2.22. The van der Waals surface area contributed by atoms with E-state index in [1.807, 2.05) is 0 Å². The van der Waals surface area contributed by atoms with Crippen molar-refractivity contribution in [1.82, 2.24) is 0 Å². The molecule has 0 atom stereocenters. The molecule has 4 heteroatoms. The number of aryl methyl sites for hydroxylation is 4. The molecular weight excluding hydrogens is 755 g/mol. The summed E-state index contributed by atoms with van der Waals surface area (Å²) in [6, 6.07) is 36.6. The van der Waals surface area contributed by atoms with E-state index in [4.69, 9.17) is 0 Å². The normalized spacial score (nSPS) is 10.5. The third kappa shape index (κ3) is 13.0. The molecule has 0 aromatic heterocycles. The van der Waals surface area contributed by atoms with Gasteiger partial charge in [0.1, 0.15) is 0 Å². The van der Waals surface area contributed by atoms with E-state index in [-0.39, 0.29) is 35.6 Å². The van der Waals surface area contributed by atoms with E-state index >= 15 is 0 Å². The molecule has 0 N–H and O–H groups in total. The molecule has 6 aromatic rings. The minimum atomic E-state index is 0. The van der Waals surface area contributed by atoms with E-state index in [2.05, 4.69) is 187 Å². The van der Waals surface area contributed by atoms with Crippen molar-refractivity contribution in [2.45, 2.75) is 100 Å². The molecule has 0 aliphatic rings. The molecule has 0 unspecified atom stereocenters. The molecule has 0 nitrogen and oxygen atoms in total. The van der Waals surface area contributed by atoms with Crippen molar-refractivity contribution in [2.75, 3.05) is 0 Å². The first kappa shape index (κ1) is 48.8. The van der Waals surface area contributed by atoms with Crippen LogP contribution >= 0.6 is 24.8 Å². The van der Waals surface area contributed by atoms with Crippen molar-refractivity contribution in [2.24, 2.45) is 0 Å². The molecule has 0 bridgehead atoms. The van der Waals surface area contributed by atoms with E-state index in [1.54, 1.807) is 13.8 Å². The number of halogens is 2. The fourth-order valence-electron chi connectivity index (χ4n) is 6.14. The third-order valence-electron chi connectivity index (χ3n) is 8.67. The Bertz CT molecular complexity index is 1890. The third-order valence-corrected chi connectivity index (χ3v) is 8.67. The molecule has 0 aliphatic heterocycles. The Morgan fingerprint density at radius 2 is 0.902 bits per heavy atom. The van der Waals surface area contributed by atoms with Gasteiger partial charge in [0.2, 0.25) is 0 Å². The Kier molecular flexibility index (Phi) is 21.1. The van der Waals surface area contributed by atoms with Gasteiger partial charge >= 0.3 is 30.2 Å². The summed E-state index contributed by atoms with van der Waals surface area (Å²) in [7, 11) is 0. The maximum absolute atomic E-state index is 3.25. The van der Waals surface area contributed by atoms with Crippen LogP contribution in [0.1, 0.15) is 95.7 Å². The monoisotopic (exact) mass is 812 g/mol. The topological polar surface area (TPSA) is 0 Å².